The molecule has 3 aromatic rings. The van der Waals surface area contributed by atoms with Crippen LogP contribution in [-0.2, 0) is 27.4 Å². The number of halogens is 1. The van der Waals surface area contributed by atoms with E-state index >= 15 is 4.39 Å². The zero-order valence-electron chi connectivity index (χ0n) is 20.8. The zero-order valence-corrected chi connectivity index (χ0v) is 20.8. The first-order valence-electron chi connectivity index (χ1n) is 12.2. The van der Waals surface area contributed by atoms with Crippen LogP contribution in [0.3, 0.4) is 0 Å². The van der Waals surface area contributed by atoms with Crippen LogP contribution in [-0.4, -0.2) is 59.0 Å². The highest BCUT2D eigenvalue weighted by Crippen LogP contribution is 2.26. The third-order valence-electron chi connectivity index (χ3n) is 6.24. The van der Waals surface area contributed by atoms with Crippen LogP contribution in [0.1, 0.15) is 24.0 Å². The minimum atomic E-state index is -0.802. The molecule has 1 fully saturated rings. The lowest BCUT2D eigenvalue weighted by molar-refractivity contribution is -0.143. The lowest BCUT2D eigenvalue weighted by Crippen LogP contribution is -2.47. The van der Waals surface area contributed by atoms with E-state index in [0.717, 1.165) is 37.4 Å². The monoisotopic (exact) mass is 520 g/mol. The Morgan fingerprint density at radius 1 is 1.03 bits per heavy atom. The second-order valence-electron chi connectivity index (χ2n) is 8.95. The number of esters is 1. The molecular weight excluding hydrogens is 491 g/mol. The van der Waals surface area contributed by atoms with Crippen molar-refractivity contribution < 1.29 is 23.8 Å². The Bertz CT molecular complexity index is 1290. The molecule has 0 radical (unpaired) electrons. The van der Waals surface area contributed by atoms with Gasteiger partial charge < -0.3 is 25.4 Å². The zero-order chi connectivity index (χ0) is 27.1. The maximum Gasteiger partial charge on any atom is 0.313 e. The first-order chi connectivity index (χ1) is 18.3. The van der Waals surface area contributed by atoms with Crippen LogP contribution >= 0.6 is 0 Å². The van der Waals surface area contributed by atoms with Gasteiger partial charge in [0.25, 0.3) is 0 Å². The second-order valence-corrected chi connectivity index (χ2v) is 8.95. The highest BCUT2D eigenvalue weighted by Gasteiger charge is 2.20. The maximum atomic E-state index is 15.1. The fourth-order valence-electron chi connectivity index (χ4n) is 4.19. The van der Waals surface area contributed by atoms with Crippen molar-refractivity contribution in [3.05, 3.63) is 71.8 Å². The number of aryl methyl sites for hydroxylation is 1. The predicted octanol–water partition coefficient (Wildman–Crippen LogP) is 3.00. The quantitative estimate of drug-likeness (QED) is 0.209. The number of carboxylic acids is 1. The van der Waals surface area contributed by atoms with E-state index in [2.05, 4.69) is 19.8 Å². The van der Waals surface area contributed by atoms with Crippen LogP contribution in [0.15, 0.2) is 54.9 Å². The first-order valence-corrected chi connectivity index (χ1v) is 12.2. The topological polar surface area (TPSA) is 146 Å². The molecule has 4 N–H and O–H groups in total. The molecule has 38 heavy (non-hydrogen) atoms. The van der Waals surface area contributed by atoms with Gasteiger partial charge in [-0.1, -0.05) is 30.3 Å². The van der Waals surface area contributed by atoms with Gasteiger partial charge in [-0.05, 0) is 24.1 Å². The molecule has 0 saturated carbocycles. The summed E-state index contributed by atoms with van der Waals surface area (Å²) in [5.74, 6) is -1.77. The molecule has 2 aromatic carbocycles. The van der Waals surface area contributed by atoms with Gasteiger partial charge in [0.15, 0.2) is 0 Å². The number of hydrogen-bond acceptors (Lipinski definition) is 8. The average molecular weight is 521 g/mol. The van der Waals surface area contributed by atoms with E-state index < -0.39 is 17.8 Å². The van der Waals surface area contributed by atoms with E-state index in [1.165, 1.54) is 6.07 Å². The summed E-state index contributed by atoms with van der Waals surface area (Å²) >= 11 is 0. The number of carbonyl (C=O) groups excluding carboxylic acids is 1. The number of aromatic nitrogens is 2. The van der Waals surface area contributed by atoms with Gasteiger partial charge in [-0.15, -0.1) is 0 Å². The number of rotatable bonds is 10. The first kappa shape index (κ1) is 26.5. The smallest absolute Gasteiger partial charge is 0.313 e. The Hall–Kier alpha value is -4.54. The Labute approximate surface area is 219 Å². The van der Waals surface area contributed by atoms with Crippen molar-refractivity contribution in [3.63, 3.8) is 0 Å². The number of nitrogens with zero attached hydrogens (tertiary/aromatic N) is 4. The number of aliphatic carboxylic acids is 1. The van der Waals surface area contributed by atoms with Crippen molar-refractivity contribution in [1.29, 1.82) is 5.41 Å². The van der Waals surface area contributed by atoms with Crippen LogP contribution in [0.25, 0.3) is 11.1 Å². The molecule has 0 spiro atoms. The van der Waals surface area contributed by atoms with E-state index in [-0.39, 0.29) is 30.8 Å². The summed E-state index contributed by atoms with van der Waals surface area (Å²) in [5.41, 5.74) is 8.28. The molecule has 4 rings (SSSR count). The van der Waals surface area contributed by atoms with Crippen molar-refractivity contribution in [1.82, 2.24) is 9.97 Å². The van der Waals surface area contributed by atoms with E-state index in [0.29, 0.717) is 23.5 Å². The molecule has 2 heterocycles. The average Bonchev–Trinajstić information content (AvgIpc) is 2.91. The molecule has 0 unspecified atom stereocenters. The number of ether oxygens (including phenoxy) is 1. The summed E-state index contributed by atoms with van der Waals surface area (Å²) < 4.78 is 20.1. The number of benzene rings is 2. The standard InChI is InChI=1S/C27H29FN6O4/c28-26-19(17-38-25(37)14-23(29)30)2-1-3-22(26)20-15-31-27(32-16-20)34-12-10-33(11-13-34)21-7-4-18(5-8-21)6-9-24(35)36/h1-5,7-8,15-16H,6,9-14,17H2,(H3,29,30)(H,35,36). The van der Waals surface area contributed by atoms with Crippen LogP contribution in [0.2, 0.25) is 0 Å². The van der Waals surface area contributed by atoms with Gasteiger partial charge in [0.1, 0.15) is 24.7 Å². The third-order valence-corrected chi connectivity index (χ3v) is 6.24. The molecule has 1 aliphatic heterocycles. The number of nitrogens with one attached hydrogen (secondary N) is 1. The Balaban J connectivity index is 1.34. The number of nitrogens with two attached hydrogens (primary N) is 1. The minimum absolute atomic E-state index is 0.118. The van der Waals surface area contributed by atoms with Gasteiger partial charge in [-0.25, -0.2) is 14.4 Å². The van der Waals surface area contributed by atoms with Crippen LogP contribution in [0.5, 0.6) is 0 Å². The molecule has 10 nitrogen and oxygen atoms in total. The van der Waals surface area contributed by atoms with Crippen molar-refractivity contribution in [2.24, 2.45) is 5.73 Å². The fourth-order valence-corrected chi connectivity index (χ4v) is 4.19. The number of anilines is 2. The van der Waals surface area contributed by atoms with Crippen molar-refractivity contribution in [2.45, 2.75) is 25.9 Å². The summed E-state index contributed by atoms with van der Waals surface area (Å²) in [4.78, 5) is 35.6. The predicted molar refractivity (Wildman–Crippen MR) is 141 cm³/mol. The number of carbonyl (C=O) groups is 2. The number of piperazine rings is 1. The molecule has 0 bridgehead atoms. The van der Waals surface area contributed by atoms with E-state index in [1.54, 1.807) is 24.5 Å². The van der Waals surface area contributed by atoms with Gasteiger partial charge in [0.05, 0.1) is 0 Å². The van der Waals surface area contributed by atoms with Crippen LogP contribution in [0.4, 0.5) is 16.0 Å². The highest BCUT2D eigenvalue weighted by molar-refractivity contribution is 5.94. The fraction of sp³-hybridized carbons (Fsp3) is 0.296. The molecule has 1 aliphatic rings. The SMILES string of the molecule is N=C(N)CC(=O)OCc1cccc(-c2cnc(N3CCN(c4ccc(CCC(=O)O)cc4)CC3)nc2)c1F. The lowest BCUT2D eigenvalue weighted by Gasteiger charge is -2.36. The Morgan fingerprint density at radius 2 is 1.68 bits per heavy atom. The normalized spacial score (nSPS) is 13.3. The van der Waals surface area contributed by atoms with Gasteiger partial charge in [-0.2, -0.15) is 0 Å². The molecule has 0 atom stereocenters. The molecule has 198 valence electrons. The van der Waals surface area contributed by atoms with Crippen LogP contribution in [0, 0.1) is 11.2 Å². The third kappa shape index (κ3) is 6.81. The molecule has 0 amide bonds. The minimum Gasteiger partial charge on any atom is -0.481 e. The summed E-state index contributed by atoms with van der Waals surface area (Å²) in [7, 11) is 0. The Morgan fingerprint density at radius 3 is 2.32 bits per heavy atom. The summed E-state index contributed by atoms with van der Waals surface area (Å²) in [6.07, 6.45) is 3.45. The molecule has 11 heteroatoms. The molecule has 1 saturated heterocycles. The largest absolute Gasteiger partial charge is 0.481 e. The summed E-state index contributed by atoms with van der Waals surface area (Å²) in [6.45, 7) is 2.72. The molecular formula is C27H29FN6O4. The van der Waals surface area contributed by atoms with Crippen LogP contribution < -0.4 is 15.5 Å². The van der Waals surface area contributed by atoms with Crippen molar-refractivity contribution >= 4 is 29.4 Å². The molecule has 1 aromatic heterocycles. The highest BCUT2D eigenvalue weighted by atomic mass is 19.1. The van der Waals surface area contributed by atoms with Gasteiger partial charge in [0.2, 0.25) is 5.95 Å². The second kappa shape index (κ2) is 12.1. The summed E-state index contributed by atoms with van der Waals surface area (Å²) in [6, 6.07) is 12.8. The number of carboxylic acid groups (broad SMARTS) is 1. The number of amidine groups is 1. The van der Waals surface area contributed by atoms with E-state index in [1.807, 2.05) is 24.3 Å². The Kier molecular flexibility index (Phi) is 8.47. The van der Waals surface area contributed by atoms with Gasteiger partial charge >= 0.3 is 11.9 Å². The summed E-state index contributed by atoms with van der Waals surface area (Å²) in [5, 5.41) is 16.0. The lowest BCUT2D eigenvalue weighted by atomic mass is 10.1. The molecule has 0 aliphatic carbocycles. The number of hydrogen-bond donors (Lipinski definition) is 3. The van der Waals surface area contributed by atoms with Crippen molar-refractivity contribution in [3.8, 4) is 11.1 Å². The van der Waals surface area contributed by atoms with Gasteiger partial charge in [-0.3, -0.25) is 15.0 Å². The van der Waals surface area contributed by atoms with Crippen molar-refractivity contribution in [2.75, 3.05) is 36.0 Å². The van der Waals surface area contributed by atoms with Gasteiger partial charge in [0, 0.05) is 67.4 Å². The maximum absolute atomic E-state index is 15.1. The van der Waals surface area contributed by atoms with E-state index in [4.69, 9.17) is 21.0 Å². The van der Waals surface area contributed by atoms with E-state index in [9.17, 15) is 9.59 Å².